The second kappa shape index (κ2) is 5.13. The van der Waals surface area contributed by atoms with Crippen LogP contribution in [0.5, 0.6) is 5.75 Å². The van der Waals surface area contributed by atoms with E-state index in [1.165, 1.54) is 0 Å². The van der Waals surface area contributed by atoms with E-state index in [1.807, 2.05) is 30.3 Å². The third kappa shape index (κ3) is 3.20. The van der Waals surface area contributed by atoms with E-state index in [2.05, 4.69) is 30.7 Å². The lowest BCUT2D eigenvalue weighted by Gasteiger charge is -2.18. The van der Waals surface area contributed by atoms with Crippen molar-refractivity contribution in [3.05, 3.63) is 40.8 Å². The minimum atomic E-state index is -0.0595. The molecule has 0 radical (unpaired) electrons. The van der Waals surface area contributed by atoms with Gasteiger partial charge < -0.3 is 9.72 Å². The highest BCUT2D eigenvalue weighted by molar-refractivity contribution is 7.71. The van der Waals surface area contributed by atoms with Gasteiger partial charge in [-0.3, -0.25) is 0 Å². The van der Waals surface area contributed by atoms with Crippen molar-refractivity contribution in [1.29, 1.82) is 0 Å². The van der Waals surface area contributed by atoms with Crippen molar-refractivity contribution in [2.45, 2.75) is 26.2 Å². The molecule has 19 heavy (non-hydrogen) atoms. The van der Waals surface area contributed by atoms with Gasteiger partial charge in [-0.05, 0) is 35.9 Å². The standard InChI is InChI=1S/C15H18N2OS/c1-15(2,3)14-16-12(9-13(19)17-14)10-5-7-11(18-4)8-6-10/h5-9H,1-4H3,(H,16,17,19). The molecule has 1 aromatic heterocycles. The van der Waals surface area contributed by atoms with Crippen LogP contribution in [0.25, 0.3) is 11.3 Å². The average molecular weight is 274 g/mol. The molecule has 4 heteroatoms. The van der Waals surface area contributed by atoms with Crippen molar-refractivity contribution >= 4 is 12.2 Å². The summed E-state index contributed by atoms with van der Waals surface area (Å²) in [5.41, 5.74) is 1.99. The van der Waals surface area contributed by atoms with Gasteiger partial charge in [0.1, 0.15) is 16.2 Å². The fraction of sp³-hybridized carbons (Fsp3) is 0.333. The normalized spacial score (nSPS) is 11.4. The van der Waals surface area contributed by atoms with Crippen LogP contribution in [0.4, 0.5) is 0 Å². The average Bonchev–Trinajstić information content (AvgIpc) is 2.37. The van der Waals surface area contributed by atoms with Crippen molar-refractivity contribution in [2.24, 2.45) is 0 Å². The van der Waals surface area contributed by atoms with Gasteiger partial charge in [0.25, 0.3) is 0 Å². The number of nitrogens with one attached hydrogen (secondary N) is 1. The van der Waals surface area contributed by atoms with E-state index in [9.17, 15) is 0 Å². The molecule has 0 atom stereocenters. The third-order valence-electron chi connectivity index (χ3n) is 2.85. The summed E-state index contributed by atoms with van der Waals surface area (Å²) in [7, 11) is 1.66. The Bertz CT molecular complexity index is 624. The molecule has 0 aliphatic rings. The Hall–Kier alpha value is -1.68. The molecule has 2 rings (SSSR count). The zero-order chi connectivity index (χ0) is 14.0. The number of hydrogen-bond acceptors (Lipinski definition) is 3. The first-order valence-electron chi connectivity index (χ1n) is 6.16. The molecule has 0 saturated heterocycles. The van der Waals surface area contributed by atoms with Crippen LogP contribution in [0, 0.1) is 4.64 Å². The van der Waals surface area contributed by atoms with Crippen LogP contribution in [-0.2, 0) is 5.41 Å². The van der Waals surface area contributed by atoms with Crippen LogP contribution in [0.3, 0.4) is 0 Å². The second-order valence-electron chi connectivity index (χ2n) is 5.46. The predicted molar refractivity (Wildman–Crippen MR) is 80.1 cm³/mol. The second-order valence-corrected chi connectivity index (χ2v) is 5.88. The van der Waals surface area contributed by atoms with Crippen LogP contribution >= 0.6 is 12.2 Å². The largest absolute Gasteiger partial charge is 0.497 e. The Balaban J connectivity index is 2.49. The maximum atomic E-state index is 5.25. The molecule has 0 spiro atoms. The number of methoxy groups -OCH3 is 1. The summed E-state index contributed by atoms with van der Waals surface area (Å²) in [5.74, 6) is 1.73. The first-order chi connectivity index (χ1) is 8.90. The summed E-state index contributed by atoms with van der Waals surface area (Å²) in [6, 6.07) is 9.76. The van der Waals surface area contributed by atoms with Crippen LogP contribution < -0.4 is 4.74 Å². The van der Waals surface area contributed by atoms with Gasteiger partial charge in [0.15, 0.2) is 0 Å². The molecule has 0 bridgehead atoms. The molecule has 0 saturated carbocycles. The Kier molecular flexibility index (Phi) is 3.71. The fourth-order valence-corrected chi connectivity index (χ4v) is 1.95. The Morgan fingerprint density at radius 2 is 1.79 bits per heavy atom. The molecule has 1 heterocycles. The summed E-state index contributed by atoms with van der Waals surface area (Å²) < 4.78 is 5.77. The summed E-state index contributed by atoms with van der Waals surface area (Å²) in [5, 5.41) is 0. The van der Waals surface area contributed by atoms with Crippen LogP contribution in [-0.4, -0.2) is 17.1 Å². The molecule has 1 aromatic carbocycles. The molecule has 0 aliphatic carbocycles. The number of aromatic amines is 1. The monoisotopic (exact) mass is 274 g/mol. The lowest BCUT2D eigenvalue weighted by Crippen LogP contribution is -2.16. The van der Waals surface area contributed by atoms with Crippen LogP contribution in [0.1, 0.15) is 26.6 Å². The zero-order valence-corrected chi connectivity index (χ0v) is 12.5. The maximum Gasteiger partial charge on any atom is 0.130 e. The summed E-state index contributed by atoms with van der Waals surface area (Å²) in [6.07, 6.45) is 0. The van der Waals surface area contributed by atoms with Gasteiger partial charge in [-0.15, -0.1) is 0 Å². The molecule has 1 N–H and O–H groups in total. The quantitative estimate of drug-likeness (QED) is 0.837. The predicted octanol–water partition coefficient (Wildman–Crippen LogP) is 4.11. The van der Waals surface area contributed by atoms with Gasteiger partial charge in [0.2, 0.25) is 0 Å². The highest BCUT2D eigenvalue weighted by Crippen LogP contribution is 2.24. The van der Waals surface area contributed by atoms with E-state index in [4.69, 9.17) is 17.0 Å². The highest BCUT2D eigenvalue weighted by atomic mass is 32.1. The molecule has 0 unspecified atom stereocenters. The van der Waals surface area contributed by atoms with Crippen LogP contribution in [0.2, 0.25) is 0 Å². The summed E-state index contributed by atoms with van der Waals surface area (Å²) >= 11 is 5.25. The van der Waals surface area contributed by atoms with Gasteiger partial charge in [-0.25, -0.2) is 4.98 Å². The molecule has 0 amide bonds. The number of benzene rings is 1. The zero-order valence-electron chi connectivity index (χ0n) is 11.7. The topological polar surface area (TPSA) is 37.9 Å². The number of ether oxygens (including phenoxy) is 1. The van der Waals surface area contributed by atoms with E-state index >= 15 is 0 Å². The van der Waals surface area contributed by atoms with Crippen molar-refractivity contribution in [1.82, 2.24) is 9.97 Å². The number of nitrogens with zero attached hydrogens (tertiary/aromatic N) is 1. The smallest absolute Gasteiger partial charge is 0.130 e. The molecular formula is C15H18N2OS. The Labute approximate surface area is 118 Å². The van der Waals surface area contributed by atoms with E-state index in [1.54, 1.807) is 7.11 Å². The number of hydrogen-bond donors (Lipinski definition) is 1. The number of rotatable bonds is 2. The van der Waals surface area contributed by atoms with Crippen molar-refractivity contribution in [2.75, 3.05) is 7.11 Å². The maximum absolute atomic E-state index is 5.25. The van der Waals surface area contributed by atoms with E-state index < -0.39 is 0 Å². The third-order valence-corrected chi connectivity index (χ3v) is 3.06. The lowest BCUT2D eigenvalue weighted by atomic mass is 9.95. The summed E-state index contributed by atoms with van der Waals surface area (Å²) in [6.45, 7) is 6.33. The first-order valence-corrected chi connectivity index (χ1v) is 6.57. The van der Waals surface area contributed by atoms with Gasteiger partial charge in [-0.2, -0.15) is 0 Å². The van der Waals surface area contributed by atoms with Crippen molar-refractivity contribution in [3.8, 4) is 17.0 Å². The SMILES string of the molecule is COc1ccc(-c2cc(=S)nc(C(C)(C)C)[nH]2)cc1. The van der Waals surface area contributed by atoms with Gasteiger partial charge in [0, 0.05) is 11.1 Å². The molecular weight excluding hydrogens is 256 g/mol. The minimum absolute atomic E-state index is 0.0595. The van der Waals surface area contributed by atoms with Crippen molar-refractivity contribution < 1.29 is 4.74 Å². The minimum Gasteiger partial charge on any atom is -0.497 e. The first kappa shape index (κ1) is 13.7. The van der Waals surface area contributed by atoms with Crippen LogP contribution in [0.15, 0.2) is 30.3 Å². The Morgan fingerprint density at radius 1 is 1.16 bits per heavy atom. The highest BCUT2D eigenvalue weighted by Gasteiger charge is 2.17. The molecule has 2 aromatic rings. The Morgan fingerprint density at radius 3 is 2.32 bits per heavy atom. The van der Waals surface area contributed by atoms with Gasteiger partial charge in [0.05, 0.1) is 7.11 Å². The number of aromatic nitrogens is 2. The lowest BCUT2D eigenvalue weighted by molar-refractivity contribution is 0.415. The molecule has 3 nitrogen and oxygen atoms in total. The van der Waals surface area contributed by atoms with E-state index in [-0.39, 0.29) is 5.41 Å². The molecule has 0 aliphatic heterocycles. The fourth-order valence-electron chi connectivity index (χ4n) is 1.74. The summed E-state index contributed by atoms with van der Waals surface area (Å²) in [4.78, 5) is 7.76. The molecule has 0 fully saturated rings. The van der Waals surface area contributed by atoms with Gasteiger partial charge in [-0.1, -0.05) is 33.0 Å². The van der Waals surface area contributed by atoms with E-state index in [0.29, 0.717) is 4.64 Å². The number of H-pyrrole nitrogens is 1. The van der Waals surface area contributed by atoms with E-state index in [0.717, 1.165) is 22.8 Å². The molecule has 100 valence electrons. The van der Waals surface area contributed by atoms with Crippen molar-refractivity contribution in [3.63, 3.8) is 0 Å². The van der Waals surface area contributed by atoms with Gasteiger partial charge >= 0.3 is 0 Å².